The third kappa shape index (κ3) is 4.62. The summed E-state index contributed by atoms with van der Waals surface area (Å²) < 4.78 is 21.9. The normalized spacial score (nSPS) is 18.9. The Morgan fingerprint density at radius 2 is 1.05 bits per heavy atom. The molecule has 19 heavy (non-hydrogen) atoms. The summed E-state index contributed by atoms with van der Waals surface area (Å²) in [5.74, 6) is 0. The Morgan fingerprint density at radius 1 is 0.789 bits per heavy atom. The van der Waals surface area contributed by atoms with Gasteiger partial charge in [-0.2, -0.15) is 0 Å². The minimum Gasteiger partial charge on any atom is -0.354 e. The lowest BCUT2D eigenvalue weighted by atomic mass is 10.1. The number of methoxy groups -OCH3 is 4. The fraction of sp³-hybridized carbons (Fsp3) is 1.00. The average Bonchev–Trinajstić information content (AvgIpc) is 2.41. The predicted octanol–water partition coefficient (Wildman–Crippen LogP) is -1.24. The van der Waals surface area contributed by atoms with Crippen molar-refractivity contribution in [1.29, 1.82) is 0 Å². The van der Waals surface area contributed by atoms with Crippen LogP contribution in [0.5, 0.6) is 0 Å². The zero-order valence-corrected chi connectivity index (χ0v) is 17.7. The predicted molar refractivity (Wildman–Crippen MR) is 84.7 cm³/mol. The zero-order valence-electron chi connectivity index (χ0n) is 13.7. The molecule has 5 nitrogen and oxygen atoms in total. The lowest BCUT2D eigenvalue weighted by molar-refractivity contribution is -0.165. The summed E-state index contributed by atoms with van der Waals surface area (Å²) in [6, 6.07) is 0. The average molecular weight is 310 g/mol. The molecular weight excluding hydrogens is 278 g/mol. The molecule has 0 amide bonds. The third-order valence-corrected chi connectivity index (χ3v) is 6.79. The molecule has 0 heterocycles. The van der Waals surface area contributed by atoms with Gasteiger partial charge in [-0.1, -0.05) is 13.8 Å². The van der Waals surface area contributed by atoms with E-state index in [1.807, 2.05) is 0 Å². The summed E-state index contributed by atoms with van der Waals surface area (Å²) in [7, 11) is 8.55. The van der Waals surface area contributed by atoms with E-state index in [2.05, 4.69) is 19.2 Å². The van der Waals surface area contributed by atoms with Gasteiger partial charge in [-0.25, -0.2) is 0 Å². The number of nitrogens with one attached hydrogen (secondary N) is 1. The molecule has 0 aromatic carbocycles. The molecule has 116 valence electrons. The fourth-order valence-corrected chi connectivity index (χ4v) is 5.10. The molecule has 0 fully saturated rings. The molecule has 0 saturated heterocycles. The topological polar surface area (TPSA) is 49.0 Å². The highest BCUT2D eigenvalue weighted by atomic mass is 28.2. The van der Waals surface area contributed by atoms with Crippen molar-refractivity contribution in [3.8, 4) is 0 Å². The quantitative estimate of drug-likeness (QED) is 0.404. The summed E-state index contributed by atoms with van der Waals surface area (Å²) in [4.78, 5) is 0. The van der Waals surface area contributed by atoms with Gasteiger partial charge in [0.15, 0.2) is 12.6 Å². The van der Waals surface area contributed by atoms with Crippen LogP contribution in [0.4, 0.5) is 0 Å². The first kappa shape index (κ1) is 19.2. The van der Waals surface area contributed by atoms with Crippen molar-refractivity contribution >= 4 is 20.5 Å². The molecule has 0 rings (SSSR count). The Morgan fingerprint density at radius 3 is 1.21 bits per heavy atom. The van der Waals surface area contributed by atoms with Gasteiger partial charge in [0.05, 0.1) is 10.3 Å². The molecule has 1 N–H and O–H groups in total. The van der Waals surface area contributed by atoms with E-state index >= 15 is 0 Å². The zero-order chi connectivity index (χ0) is 15.1. The lowest BCUT2D eigenvalue weighted by Gasteiger charge is -2.46. The smallest absolute Gasteiger partial charge is 0.171 e. The minimum absolute atomic E-state index is 0.156. The maximum absolute atomic E-state index is 5.48. The van der Waals surface area contributed by atoms with Crippen LogP contribution in [0.15, 0.2) is 0 Å². The van der Waals surface area contributed by atoms with Gasteiger partial charge in [0, 0.05) is 48.9 Å². The standard InChI is InChI=1S/C12H31NO4Si2/c1-7-11(18,9(14-3)15-4)13-12(19,8-2)10(16-5)17-6/h9-10,13H,7-8H2,1-6,18-19H3. The van der Waals surface area contributed by atoms with E-state index in [1.165, 1.54) is 0 Å². The van der Waals surface area contributed by atoms with Crippen molar-refractivity contribution in [2.75, 3.05) is 28.4 Å². The van der Waals surface area contributed by atoms with Crippen LogP contribution < -0.4 is 5.32 Å². The van der Waals surface area contributed by atoms with Crippen LogP contribution in [0.3, 0.4) is 0 Å². The van der Waals surface area contributed by atoms with E-state index in [0.717, 1.165) is 33.3 Å². The van der Waals surface area contributed by atoms with E-state index in [9.17, 15) is 0 Å². The molecule has 0 bridgehead atoms. The monoisotopic (exact) mass is 309 g/mol. The maximum atomic E-state index is 5.48. The first-order valence-corrected chi connectivity index (χ1v) is 8.77. The molecule has 2 atom stereocenters. The number of rotatable bonds is 10. The summed E-state index contributed by atoms with van der Waals surface area (Å²) in [5, 5.41) is 3.42. The second-order valence-electron chi connectivity index (χ2n) is 5.27. The minimum atomic E-state index is -0.251. The van der Waals surface area contributed by atoms with Gasteiger partial charge in [0.25, 0.3) is 0 Å². The van der Waals surface area contributed by atoms with E-state index < -0.39 is 0 Å². The van der Waals surface area contributed by atoms with Crippen LogP contribution in [-0.2, 0) is 18.9 Å². The maximum Gasteiger partial charge on any atom is 0.171 e. The Kier molecular flexibility index (Phi) is 8.61. The van der Waals surface area contributed by atoms with Gasteiger partial charge in [-0.15, -0.1) is 0 Å². The van der Waals surface area contributed by atoms with Gasteiger partial charge in [0.1, 0.15) is 0 Å². The molecule has 2 unspecified atom stereocenters. The molecule has 0 aliphatic carbocycles. The van der Waals surface area contributed by atoms with Crippen LogP contribution >= 0.6 is 0 Å². The summed E-state index contributed by atoms with van der Waals surface area (Å²) >= 11 is 0. The highest BCUT2D eigenvalue weighted by molar-refractivity contribution is 6.19. The van der Waals surface area contributed by atoms with Crippen LogP contribution in [0.25, 0.3) is 0 Å². The van der Waals surface area contributed by atoms with Crippen LogP contribution in [0, 0.1) is 0 Å². The third-order valence-electron chi connectivity index (χ3n) is 3.94. The van der Waals surface area contributed by atoms with Crippen molar-refractivity contribution in [3.63, 3.8) is 0 Å². The first-order valence-electron chi connectivity index (χ1n) is 6.77. The highest BCUT2D eigenvalue weighted by Gasteiger charge is 2.42. The first-order chi connectivity index (χ1) is 8.87. The number of hydrogen-bond donors (Lipinski definition) is 1. The lowest BCUT2D eigenvalue weighted by Crippen LogP contribution is -2.69. The molecule has 0 radical (unpaired) electrons. The van der Waals surface area contributed by atoms with E-state index in [-0.39, 0.29) is 22.9 Å². The molecule has 0 aromatic rings. The highest BCUT2D eigenvalue weighted by Crippen LogP contribution is 2.23. The van der Waals surface area contributed by atoms with Crippen molar-refractivity contribution in [3.05, 3.63) is 0 Å². The van der Waals surface area contributed by atoms with Crippen molar-refractivity contribution in [2.45, 2.75) is 49.6 Å². The molecule has 0 spiro atoms. The van der Waals surface area contributed by atoms with Crippen LogP contribution in [0.1, 0.15) is 26.7 Å². The van der Waals surface area contributed by atoms with Gasteiger partial charge in [0.2, 0.25) is 0 Å². The van der Waals surface area contributed by atoms with Crippen LogP contribution in [-0.4, -0.2) is 71.8 Å². The summed E-state index contributed by atoms with van der Waals surface area (Å²) in [6.45, 7) is 4.30. The van der Waals surface area contributed by atoms with Gasteiger partial charge < -0.3 is 24.3 Å². The Hall–Kier alpha value is 0.234. The Bertz CT molecular complexity index is 228. The van der Waals surface area contributed by atoms with Crippen molar-refractivity contribution in [1.82, 2.24) is 5.32 Å². The van der Waals surface area contributed by atoms with Crippen molar-refractivity contribution < 1.29 is 18.9 Å². The second kappa shape index (κ2) is 8.50. The van der Waals surface area contributed by atoms with E-state index in [4.69, 9.17) is 18.9 Å². The molecule has 0 aliphatic rings. The number of ether oxygens (including phenoxy) is 4. The summed E-state index contributed by atoms with van der Waals surface area (Å²) in [5.41, 5.74) is 0. The van der Waals surface area contributed by atoms with Gasteiger partial charge in [-0.3, -0.25) is 0 Å². The Balaban J connectivity index is 5.19. The van der Waals surface area contributed by atoms with Gasteiger partial charge in [-0.05, 0) is 12.8 Å². The SMILES string of the molecule is CCC([SiH3])(NC([SiH3])(CC)C(OC)OC)C(OC)OC. The number of hydrogen-bond acceptors (Lipinski definition) is 5. The molecule has 0 aliphatic heterocycles. The van der Waals surface area contributed by atoms with Crippen LogP contribution in [0.2, 0.25) is 0 Å². The molecule has 0 saturated carbocycles. The van der Waals surface area contributed by atoms with E-state index in [0.29, 0.717) is 0 Å². The molecule has 7 heteroatoms. The van der Waals surface area contributed by atoms with Crippen molar-refractivity contribution in [2.24, 2.45) is 0 Å². The molecule has 0 aromatic heterocycles. The van der Waals surface area contributed by atoms with E-state index in [1.54, 1.807) is 28.4 Å². The molecular formula is C12H31NO4Si2. The van der Waals surface area contributed by atoms with Gasteiger partial charge >= 0.3 is 0 Å². The fourth-order valence-electron chi connectivity index (χ4n) is 2.51. The summed E-state index contributed by atoms with van der Waals surface area (Å²) in [6.07, 6.45) is 1.38. The Labute approximate surface area is 123 Å². The largest absolute Gasteiger partial charge is 0.354 e. The second-order valence-corrected chi connectivity index (χ2v) is 8.84.